The zero-order chi connectivity index (χ0) is 13.0. The van der Waals surface area contributed by atoms with Gasteiger partial charge in [0.2, 0.25) is 0 Å². The number of rotatable bonds is 2. The molecule has 2 aromatic carbocycles. The lowest BCUT2D eigenvalue weighted by molar-refractivity contribution is 0.475. The zero-order valence-electron chi connectivity index (χ0n) is 9.84. The summed E-state index contributed by atoms with van der Waals surface area (Å²) in [4.78, 5) is 0. The normalized spacial score (nSPS) is 10.7. The molecule has 0 atom stereocenters. The van der Waals surface area contributed by atoms with Crippen molar-refractivity contribution in [3.8, 4) is 5.75 Å². The Morgan fingerprint density at radius 1 is 1.28 bits per heavy atom. The van der Waals surface area contributed by atoms with Gasteiger partial charge in [0.05, 0.1) is 6.21 Å². The van der Waals surface area contributed by atoms with Gasteiger partial charge >= 0.3 is 0 Å². The van der Waals surface area contributed by atoms with Crippen LogP contribution < -0.4 is 10.7 Å². The minimum atomic E-state index is 0.189. The van der Waals surface area contributed by atoms with Crippen LogP contribution in [0.5, 0.6) is 5.75 Å². The van der Waals surface area contributed by atoms with E-state index < -0.39 is 0 Å². The van der Waals surface area contributed by atoms with Crippen molar-refractivity contribution in [2.75, 3.05) is 7.05 Å². The third-order valence-corrected chi connectivity index (χ3v) is 2.83. The minimum Gasteiger partial charge on any atom is -0.507 e. The van der Waals surface area contributed by atoms with Crippen LogP contribution in [0.3, 0.4) is 0 Å². The first-order valence-electron chi connectivity index (χ1n) is 5.44. The predicted molar refractivity (Wildman–Crippen MR) is 78.0 cm³/mol. The molecule has 5 heteroatoms. The summed E-state index contributed by atoms with van der Waals surface area (Å²) in [5.74, 6) is 0.189. The summed E-state index contributed by atoms with van der Waals surface area (Å²) in [6, 6.07) is 11.3. The maximum absolute atomic E-state index is 9.86. The number of phenols is 1. The van der Waals surface area contributed by atoms with E-state index in [-0.39, 0.29) is 5.75 Å². The highest BCUT2D eigenvalue weighted by Crippen LogP contribution is 2.25. The quantitative estimate of drug-likeness (QED) is 0.438. The smallest absolute Gasteiger partial charge is 0.186 e. The number of nitrogens with one attached hydrogen (secondary N) is 2. The maximum Gasteiger partial charge on any atom is 0.186 e. The van der Waals surface area contributed by atoms with Gasteiger partial charge in [0.15, 0.2) is 5.11 Å². The van der Waals surface area contributed by atoms with E-state index in [1.54, 1.807) is 19.3 Å². The largest absolute Gasteiger partial charge is 0.507 e. The highest BCUT2D eigenvalue weighted by atomic mass is 32.1. The SMILES string of the molecule is CNC(=S)N/N=C\c1c(O)ccc2ccccc12. The van der Waals surface area contributed by atoms with E-state index in [0.717, 1.165) is 10.8 Å². The molecule has 3 N–H and O–H groups in total. The van der Waals surface area contributed by atoms with Crippen LogP contribution in [0.1, 0.15) is 5.56 Å². The van der Waals surface area contributed by atoms with E-state index >= 15 is 0 Å². The molecule has 18 heavy (non-hydrogen) atoms. The second-order valence-electron chi connectivity index (χ2n) is 3.67. The van der Waals surface area contributed by atoms with Gasteiger partial charge in [0, 0.05) is 12.6 Å². The Balaban J connectivity index is 2.37. The summed E-state index contributed by atoms with van der Waals surface area (Å²) in [6.07, 6.45) is 1.56. The van der Waals surface area contributed by atoms with E-state index in [0.29, 0.717) is 10.7 Å². The van der Waals surface area contributed by atoms with Gasteiger partial charge in [-0.05, 0) is 29.1 Å². The summed E-state index contributed by atoms with van der Waals surface area (Å²) in [5.41, 5.74) is 3.32. The van der Waals surface area contributed by atoms with Gasteiger partial charge in [-0.1, -0.05) is 30.3 Å². The van der Waals surface area contributed by atoms with Crippen molar-refractivity contribution in [3.63, 3.8) is 0 Å². The fourth-order valence-corrected chi connectivity index (χ4v) is 1.68. The van der Waals surface area contributed by atoms with Crippen LogP contribution in [0.25, 0.3) is 10.8 Å². The summed E-state index contributed by atoms with van der Waals surface area (Å²) < 4.78 is 0. The number of benzene rings is 2. The second-order valence-corrected chi connectivity index (χ2v) is 4.08. The third kappa shape index (κ3) is 2.57. The molecule has 0 aliphatic carbocycles. The summed E-state index contributed by atoms with van der Waals surface area (Å²) in [5, 5.41) is 19.0. The fourth-order valence-electron chi connectivity index (χ4n) is 1.63. The maximum atomic E-state index is 9.86. The summed E-state index contributed by atoms with van der Waals surface area (Å²) in [6.45, 7) is 0. The van der Waals surface area contributed by atoms with Gasteiger partial charge in [0.1, 0.15) is 5.75 Å². The highest BCUT2D eigenvalue weighted by Gasteiger charge is 2.03. The molecule has 4 nitrogen and oxygen atoms in total. The van der Waals surface area contributed by atoms with E-state index in [9.17, 15) is 5.11 Å². The van der Waals surface area contributed by atoms with Crippen LogP contribution in [0.2, 0.25) is 0 Å². The monoisotopic (exact) mass is 259 g/mol. The average molecular weight is 259 g/mol. The zero-order valence-corrected chi connectivity index (χ0v) is 10.7. The van der Waals surface area contributed by atoms with E-state index in [4.69, 9.17) is 12.2 Å². The van der Waals surface area contributed by atoms with Crippen molar-refractivity contribution in [1.82, 2.24) is 10.7 Å². The molecule has 2 aromatic rings. The van der Waals surface area contributed by atoms with Crippen LogP contribution in [-0.4, -0.2) is 23.5 Å². The van der Waals surface area contributed by atoms with Crippen molar-refractivity contribution in [2.24, 2.45) is 5.10 Å². The number of phenolic OH excluding ortho intramolecular Hbond substituents is 1. The van der Waals surface area contributed by atoms with Crippen LogP contribution in [0.4, 0.5) is 0 Å². The van der Waals surface area contributed by atoms with Crippen molar-refractivity contribution < 1.29 is 5.11 Å². The lowest BCUT2D eigenvalue weighted by Gasteiger charge is -2.05. The molecule has 0 heterocycles. The standard InChI is InChI=1S/C13H13N3OS/c1-14-13(18)16-15-8-11-10-5-3-2-4-9(10)6-7-12(11)17/h2-8,17H,1H3,(H2,14,16,18)/b15-8-. The van der Waals surface area contributed by atoms with Crippen molar-refractivity contribution in [1.29, 1.82) is 0 Å². The molecule has 0 spiro atoms. The molecule has 0 bridgehead atoms. The molecule has 0 saturated heterocycles. The lowest BCUT2D eigenvalue weighted by Crippen LogP contribution is -2.28. The first-order valence-corrected chi connectivity index (χ1v) is 5.84. The molecular weight excluding hydrogens is 246 g/mol. The molecular formula is C13H13N3OS. The lowest BCUT2D eigenvalue weighted by atomic mass is 10.0. The Hall–Kier alpha value is -2.14. The average Bonchev–Trinajstić information content (AvgIpc) is 2.41. The number of aromatic hydroxyl groups is 1. The number of hydrogen-bond donors (Lipinski definition) is 3. The second kappa shape index (κ2) is 5.46. The first-order chi connectivity index (χ1) is 8.72. The van der Waals surface area contributed by atoms with Crippen LogP contribution in [0, 0.1) is 0 Å². The molecule has 0 aromatic heterocycles. The van der Waals surface area contributed by atoms with Crippen molar-refractivity contribution >= 4 is 34.3 Å². The van der Waals surface area contributed by atoms with E-state index in [1.165, 1.54) is 0 Å². The number of hydrogen-bond acceptors (Lipinski definition) is 3. The summed E-state index contributed by atoms with van der Waals surface area (Å²) >= 11 is 4.90. The molecule has 0 radical (unpaired) electrons. The predicted octanol–water partition coefficient (Wildman–Crippen LogP) is 1.97. The number of hydrazone groups is 1. The molecule has 0 saturated carbocycles. The van der Waals surface area contributed by atoms with Gasteiger partial charge in [-0.3, -0.25) is 5.43 Å². The minimum absolute atomic E-state index is 0.189. The highest BCUT2D eigenvalue weighted by molar-refractivity contribution is 7.80. The van der Waals surface area contributed by atoms with Gasteiger partial charge in [-0.2, -0.15) is 5.10 Å². The Bertz CT molecular complexity index is 610. The Kier molecular flexibility index (Phi) is 3.74. The molecule has 0 aliphatic rings. The molecule has 0 aliphatic heterocycles. The fraction of sp³-hybridized carbons (Fsp3) is 0.0769. The van der Waals surface area contributed by atoms with Gasteiger partial charge in [-0.25, -0.2) is 0 Å². The molecule has 0 fully saturated rings. The first kappa shape index (κ1) is 12.3. The Labute approximate surface area is 110 Å². The third-order valence-electron chi connectivity index (χ3n) is 2.53. The molecule has 2 rings (SSSR count). The topological polar surface area (TPSA) is 56.7 Å². The van der Waals surface area contributed by atoms with E-state index in [2.05, 4.69) is 15.8 Å². The molecule has 0 unspecified atom stereocenters. The number of thiocarbonyl (C=S) groups is 1. The van der Waals surface area contributed by atoms with E-state index in [1.807, 2.05) is 30.3 Å². The molecule has 0 amide bonds. The Morgan fingerprint density at radius 3 is 2.83 bits per heavy atom. The summed E-state index contributed by atoms with van der Waals surface area (Å²) in [7, 11) is 1.71. The number of nitrogens with zero attached hydrogens (tertiary/aromatic N) is 1. The van der Waals surface area contributed by atoms with Crippen LogP contribution >= 0.6 is 12.2 Å². The van der Waals surface area contributed by atoms with Crippen molar-refractivity contribution in [2.45, 2.75) is 0 Å². The number of fused-ring (bicyclic) bond motifs is 1. The Morgan fingerprint density at radius 2 is 2.06 bits per heavy atom. The van der Waals surface area contributed by atoms with Gasteiger partial charge < -0.3 is 10.4 Å². The molecule has 92 valence electrons. The van der Waals surface area contributed by atoms with Crippen LogP contribution in [-0.2, 0) is 0 Å². The van der Waals surface area contributed by atoms with Gasteiger partial charge in [-0.15, -0.1) is 0 Å². The van der Waals surface area contributed by atoms with Gasteiger partial charge in [0.25, 0.3) is 0 Å². The van der Waals surface area contributed by atoms with Crippen LogP contribution in [0.15, 0.2) is 41.5 Å². The van der Waals surface area contributed by atoms with Crippen molar-refractivity contribution in [3.05, 3.63) is 42.0 Å².